The van der Waals surface area contributed by atoms with Gasteiger partial charge in [0.05, 0.1) is 5.75 Å². The second kappa shape index (κ2) is 3.20. The molecule has 0 aliphatic carbocycles. The van der Waals surface area contributed by atoms with E-state index in [-0.39, 0.29) is 5.75 Å². The lowest BCUT2D eigenvalue weighted by Gasteiger charge is -2.29. The number of nitrogens with zero attached hydrogens (tertiary/aromatic N) is 2. The molecule has 7 heteroatoms. The Hall–Kier alpha value is -0.170. The maximum atomic E-state index is 11.1. The fourth-order valence-electron chi connectivity index (χ4n) is 1.08. The molecule has 0 spiro atoms. The zero-order valence-corrected chi connectivity index (χ0v) is 8.99. The number of aromatic nitrogens is 1. The quantitative estimate of drug-likeness (QED) is 0.771. The van der Waals surface area contributed by atoms with Crippen LogP contribution >= 0.6 is 22.9 Å². The highest BCUT2D eigenvalue weighted by molar-refractivity contribution is 7.90. The molecular weight excluding hydrogens is 232 g/mol. The molecule has 1 saturated heterocycles. The molecule has 1 aliphatic rings. The van der Waals surface area contributed by atoms with Crippen LogP contribution in [0.1, 0.15) is 4.88 Å². The van der Waals surface area contributed by atoms with Crippen molar-refractivity contribution in [2.75, 3.05) is 12.3 Å². The largest absolute Gasteiger partial charge is 0.233 e. The van der Waals surface area contributed by atoms with Crippen LogP contribution in [-0.4, -0.2) is 30.0 Å². The van der Waals surface area contributed by atoms with Crippen molar-refractivity contribution in [1.29, 1.82) is 0 Å². The molecule has 0 bridgehead atoms. The highest BCUT2D eigenvalue weighted by atomic mass is 35.5. The molecule has 4 nitrogen and oxygen atoms in total. The van der Waals surface area contributed by atoms with Gasteiger partial charge in [0.15, 0.2) is 4.47 Å². The lowest BCUT2D eigenvalue weighted by molar-refractivity contribution is 0.381. The van der Waals surface area contributed by atoms with Crippen molar-refractivity contribution >= 4 is 33.0 Å². The molecule has 13 heavy (non-hydrogen) atoms. The molecule has 72 valence electrons. The SMILES string of the molecule is O=S1(=O)CCN1Cc1cnc(Cl)s1. The number of sulfonamides is 1. The molecule has 0 N–H and O–H groups in total. The minimum Gasteiger partial charge on any atom is -0.233 e. The fraction of sp³-hybridized carbons (Fsp3) is 0.500. The van der Waals surface area contributed by atoms with Crippen LogP contribution in [0.5, 0.6) is 0 Å². The highest BCUT2D eigenvalue weighted by Gasteiger charge is 2.32. The van der Waals surface area contributed by atoms with E-state index in [2.05, 4.69) is 4.98 Å². The van der Waals surface area contributed by atoms with Gasteiger partial charge in [-0.15, -0.1) is 11.3 Å². The molecule has 0 radical (unpaired) electrons. The zero-order valence-electron chi connectivity index (χ0n) is 6.60. The van der Waals surface area contributed by atoms with Gasteiger partial charge in [-0.2, -0.15) is 4.31 Å². The van der Waals surface area contributed by atoms with Crippen LogP contribution in [-0.2, 0) is 16.6 Å². The summed E-state index contributed by atoms with van der Waals surface area (Å²) < 4.78 is 24.1. The Bertz CT molecular complexity index is 414. The molecule has 0 atom stereocenters. The van der Waals surface area contributed by atoms with E-state index < -0.39 is 10.0 Å². The summed E-state index contributed by atoms with van der Waals surface area (Å²) in [6.07, 6.45) is 1.61. The maximum absolute atomic E-state index is 11.1. The van der Waals surface area contributed by atoms with Gasteiger partial charge in [0, 0.05) is 24.2 Å². The number of rotatable bonds is 2. The first-order chi connectivity index (χ1) is 6.08. The van der Waals surface area contributed by atoms with Gasteiger partial charge < -0.3 is 0 Å². The standard InChI is InChI=1S/C6H7ClN2O2S2/c7-6-8-3-5(12-6)4-9-1-2-13(9,10)11/h3H,1-2,4H2. The monoisotopic (exact) mass is 238 g/mol. The van der Waals surface area contributed by atoms with Crippen molar-refractivity contribution in [3.8, 4) is 0 Å². The lowest BCUT2D eigenvalue weighted by atomic mass is 10.5. The summed E-state index contributed by atoms with van der Waals surface area (Å²) in [7, 11) is -2.94. The molecule has 1 aliphatic heterocycles. The average molecular weight is 239 g/mol. The van der Waals surface area contributed by atoms with Gasteiger partial charge in [0.1, 0.15) is 0 Å². The van der Waals surface area contributed by atoms with Crippen LogP contribution in [0.4, 0.5) is 0 Å². The first-order valence-corrected chi connectivity index (χ1v) is 6.46. The summed E-state index contributed by atoms with van der Waals surface area (Å²) in [5, 5.41) is 0. The van der Waals surface area contributed by atoms with Crippen molar-refractivity contribution in [1.82, 2.24) is 9.29 Å². The predicted molar refractivity (Wildman–Crippen MR) is 51.3 cm³/mol. The maximum Gasteiger partial charge on any atom is 0.215 e. The van der Waals surface area contributed by atoms with Crippen LogP contribution in [0.25, 0.3) is 0 Å². The summed E-state index contributed by atoms with van der Waals surface area (Å²) in [4.78, 5) is 4.72. The molecule has 2 heterocycles. The Kier molecular flexibility index (Phi) is 2.31. The molecular formula is C6H7ClN2O2S2. The summed E-state index contributed by atoms with van der Waals surface area (Å²) in [5.74, 6) is 0.263. The van der Waals surface area contributed by atoms with E-state index in [0.717, 1.165) is 4.88 Å². The van der Waals surface area contributed by atoms with Gasteiger partial charge in [-0.25, -0.2) is 13.4 Å². The predicted octanol–water partition coefficient (Wildman–Crippen LogP) is 0.942. The van der Waals surface area contributed by atoms with Gasteiger partial charge in [0.25, 0.3) is 0 Å². The van der Waals surface area contributed by atoms with Crippen LogP contribution < -0.4 is 0 Å². The Morgan fingerprint density at radius 3 is 2.85 bits per heavy atom. The van der Waals surface area contributed by atoms with Crippen LogP contribution in [0, 0.1) is 0 Å². The second-order valence-electron chi connectivity index (χ2n) is 2.73. The minimum absolute atomic E-state index is 0.263. The summed E-state index contributed by atoms with van der Waals surface area (Å²) >= 11 is 6.93. The van der Waals surface area contributed by atoms with E-state index in [0.29, 0.717) is 17.6 Å². The molecule has 1 aromatic heterocycles. The fourth-order valence-corrected chi connectivity index (χ4v) is 3.23. The molecule has 0 amide bonds. The van der Waals surface area contributed by atoms with E-state index in [1.165, 1.54) is 15.6 Å². The number of halogens is 1. The molecule has 2 rings (SSSR count). The number of thiazole rings is 1. The first kappa shape index (κ1) is 9.39. The van der Waals surface area contributed by atoms with Crippen LogP contribution in [0.15, 0.2) is 6.20 Å². The van der Waals surface area contributed by atoms with E-state index in [4.69, 9.17) is 11.6 Å². The van der Waals surface area contributed by atoms with Crippen LogP contribution in [0.2, 0.25) is 4.47 Å². The Balaban J connectivity index is 2.07. The molecule has 1 aromatic rings. The van der Waals surface area contributed by atoms with Crippen molar-refractivity contribution in [2.24, 2.45) is 0 Å². The van der Waals surface area contributed by atoms with Crippen molar-refractivity contribution in [3.05, 3.63) is 15.5 Å². The highest BCUT2D eigenvalue weighted by Crippen LogP contribution is 2.23. The van der Waals surface area contributed by atoms with Crippen molar-refractivity contribution in [3.63, 3.8) is 0 Å². The normalized spacial score (nSPS) is 21.3. The van der Waals surface area contributed by atoms with E-state index >= 15 is 0 Å². The number of hydrogen-bond acceptors (Lipinski definition) is 4. The van der Waals surface area contributed by atoms with Gasteiger partial charge in [-0.1, -0.05) is 11.6 Å². The molecule has 0 aromatic carbocycles. The average Bonchev–Trinajstić information content (AvgIpc) is 2.46. The zero-order chi connectivity index (χ0) is 9.47. The third kappa shape index (κ3) is 1.85. The first-order valence-electron chi connectivity index (χ1n) is 3.66. The third-order valence-electron chi connectivity index (χ3n) is 1.85. The lowest BCUT2D eigenvalue weighted by Crippen LogP contribution is -2.46. The smallest absolute Gasteiger partial charge is 0.215 e. The summed E-state index contributed by atoms with van der Waals surface area (Å²) in [6, 6.07) is 0. The van der Waals surface area contributed by atoms with Gasteiger partial charge in [-0.3, -0.25) is 0 Å². The van der Waals surface area contributed by atoms with Gasteiger partial charge >= 0.3 is 0 Å². The van der Waals surface area contributed by atoms with Gasteiger partial charge in [-0.05, 0) is 0 Å². The second-order valence-corrected chi connectivity index (χ2v) is 6.51. The Morgan fingerprint density at radius 1 is 1.69 bits per heavy atom. The Morgan fingerprint density at radius 2 is 2.46 bits per heavy atom. The van der Waals surface area contributed by atoms with Gasteiger partial charge in [0.2, 0.25) is 10.0 Å². The van der Waals surface area contributed by atoms with Crippen LogP contribution in [0.3, 0.4) is 0 Å². The minimum atomic E-state index is -2.94. The summed E-state index contributed by atoms with van der Waals surface area (Å²) in [6.45, 7) is 1.02. The van der Waals surface area contributed by atoms with Crippen molar-refractivity contribution < 1.29 is 8.42 Å². The topological polar surface area (TPSA) is 50.3 Å². The number of hydrogen-bond donors (Lipinski definition) is 0. The molecule has 0 saturated carbocycles. The third-order valence-corrected chi connectivity index (χ3v) is 4.75. The van der Waals surface area contributed by atoms with E-state index in [9.17, 15) is 8.42 Å². The Labute approximate surface area is 85.2 Å². The van der Waals surface area contributed by atoms with Crippen molar-refractivity contribution in [2.45, 2.75) is 6.54 Å². The van der Waals surface area contributed by atoms with E-state index in [1.807, 2.05) is 0 Å². The summed E-state index contributed by atoms with van der Waals surface area (Å²) in [5.41, 5.74) is 0. The molecule has 1 fully saturated rings. The van der Waals surface area contributed by atoms with E-state index in [1.54, 1.807) is 6.20 Å². The molecule has 0 unspecified atom stereocenters.